The number of hydrogen-bond acceptors (Lipinski definition) is 3. The third-order valence-corrected chi connectivity index (χ3v) is 4.90. The van der Waals surface area contributed by atoms with Crippen LogP contribution < -0.4 is 5.73 Å². The van der Waals surface area contributed by atoms with E-state index >= 15 is 0 Å². The fourth-order valence-electron chi connectivity index (χ4n) is 3.68. The summed E-state index contributed by atoms with van der Waals surface area (Å²) in [5.74, 6) is 0. The summed E-state index contributed by atoms with van der Waals surface area (Å²) in [5, 5.41) is 0. The molecular formula is C17H27N3. The molecular weight excluding hydrogens is 246 g/mol. The van der Waals surface area contributed by atoms with Gasteiger partial charge in [-0.2, -0.15) is 0 Å². The van der Waals surface area contributed by atoms with Gasteiger partial charge in [-0.15, -0.1) is 0 Å². The van der Waals surface area contributed by atoms with Gasteiger partial charge in [0.1, 0.15) is 0 Å². The molecule has 0 aliphatic carbocycles. The molecule has 1 atom stereocenters. The van der Waals surface area contributed by atoms with E-state index in [-0.39, 0.29) is 0 Å². The first-order chi connectivity index (χ1) is 9.83. The number of hydrogen-bond donors (Lipinski definition) is 1. The third-order valence-electron chi connectivity index (χ3n) is 4.90. The molecule has 3 heteroatoms. The molecule has 0 aromatic heterocycles. The molecule has 20 heavy (non-hydrogen) atoms. The average molecular weight is 273 g/mol. The van der Waals surface area contributed by atoms with E-state index in [9.17, 15) is 0 Å². The van der Waals surface area contributed by atoms with E-state index in [1.165, 1.54) is 64.0 Å². The Morgan fingerprint density at radius 1 is 1.10 bits per heavy atom. The Bertz CT molecular complexity index is 432. The summed E-state index contributed by atoms with van der Waals surface area (Å²) in [6.07, 6.45) is 6.57. The predicted molar refractivity (Wildman–Crippen MR) is 84.8 cm³/mol. The second-order valence-electron chi connectivity index (χ2n) is 6.29. The molecule has 2 aliphatic heterocycles. The summed E-state index contributed by atoms with van der Waals surface area (Å²) in [7, 11) is 0. The van der Waals surface area contributed by atoms with Crippen molar-refractivity contribution in [3.63, 3.8) is 0 Å². The zero-order chi connectivity index (χ0) is 13.8. The number of piperidine rings is 1. The summed E-state index contributed by atoms with van der Waals surface area (Å²) >= 11 is 0. The van der Waals surface area contributed by atoms with Gasteiger partial charge in [-0.25, -0.2) is 0 Å². The number of benzene rings is 1. The average Bonchev–Trinajstić information content (AvgIpc) is 2.49. The molecule has 2 aliphatic rings. The van der Waals surface area contributed by atoms with Crippen molar-refractivity contribution in [2.45, 2.75) is 38.1 Å². The van der Waals surface area contributed by atoms with Gasteiger partial charge >= 0.3 is 0 Å². The molecule has 0 saturated carbocycles. The van der Waals surface area contributed by atoms with Crippen molar-refractivity contribution in [1.82, 2.24) is 9.80 Å². The Kier molecular flexibility index (Phi) is 4.58. The predicted octanol–water partition coefficient (Wildman–Crippen LogP) is 2.37. The van der Waals surface area contributed by atoms with Crippen molar-refractivity contribution in [2.24, 2.45) is 0 Å². The highest BCUT2D eigenvalue weighted by Gasteiger charge is 2.28. The Morgan fingerprint density at radius 3 is 2.90 bits per heavy atom. The Hall–Kier alpha value is -1.06. The summed E-state index contributed by atoms with van der Waals surface area (Å²) < 4.78 is 0. The first-order valence-electron chi connectivity index (χ1n) is 8.13. The largest absolute Gasteiger partial charge is 0.399 e. The van der Waals surface area contributed by atoms with Crippen LogP contribution in [0.15, 0.2) is 24.3 Å². The first kappa shape index (κ1) is 13.9. The lowest BCUT2D eigenvalue weighted by molar-refractivity contribution is 0.0490. The van der Waals surface area contributed by atoms with Crippen LogP contribution in [0, 0.1) is 0 Å². The van der Waals surface area contributed by atoms with Gasteiger partial charge in [0.2, 0.25) is 0 Å². The van der Waals surface area contributed by atoms with Gasteiger partial charge in [-0.3, -0.25) is 4.90 Å². The lowest BCUT2D eigenvalue weighted by Crippen LogP contribution is -2.54. The van der Waals surface area contributed by atoms with E-state index < -0.39 is 0 Å². The van der Waals surface area contributed by atoms with Gasteiger partial charge < -0.3 is 10.6 Å². The molecule has 0 bridgehead atoms. The topological polar surface area (TPSA) is 32.5 Å². The highest BCUT2D eigenvalue weighted by Crippen LogP contribution is 2.21. The number of aryl methyl sites for hydroxylation is 1. The van der Waals surface area contributed by atoms with E-state index in [4.69, 9.17) is 5.73 Å². The standard InChI is InChI=1S/C17H27N3/c18-17-9-2-1-6-15(17)7-5-10-19-12-13-20-11-4-3-8-16(20)14-19/h1-2,6,9,16H,3-5,7-8,10-14,18H2. The Labute approximate surface area is 122 Å². The molecule has 3 nitrogen and oxygen atoms in total. The van der Waals surface area contributed by atoms with Crippen LogP contribution in [0.5, 0.6) is 0 Å². The molecule has 0 amide bonds. The van der Waals surface area contributed by atoms with E-state index in [0.29, 0.717) is 0 Å². The minimum atomic E-state index is 0.833. The van der Waals surface area contributed by atoms with E-state index in [1.54, 1.807) is 0 Å². The lowest BCUT2D eigenvalue weighted by Gasteiger charge is -2.44. The van der Waals surface area contributed by atoms with Crippen LogP contribution in [0.4, 0.5) is 5.69 Å². The van der Waals surface area contributed by atoms with Crippen molar-refractivity contribution in [1.29, 1.82) is 0 Å². The fourth-order valence-corrected chi connectivity index (χ4v) is 3.68. The summed E-state index contributed by atoms with van der Waals surface area (Å²) in [4.78, 5) is 5.36. The quantitative estimate of drug-likeness (QED) is 0.855. The van der Waals surface area contributed by atoms with Gasteiger partial charge in [-0.1, -0.05) is 24.6 Å². The van der Waals surface area contributed by atoms with Crippen molar-refractivity contribution in [3.8, 4) is 0 Å². The maximum atomic E-state index is 6.01. The van der Waals surface area contributed by atoms with Crippen LogP contribution in [0.3, 0.4) is 0 Å². The van der Waals surface area contributed by atoms with Crippen LogP contribution in [-0.4, -0.2) is 48.6 Å². The van der Waals surface area contributed by atoms with Crippen molar-refractivity contribution in [2.75, 3.05) is 38.5 Å². The highest BCUT2D eigenvalue weighted by atomic mass is 15.3. The summed E-state index contributed by atoms with van der Waals surface area (Å²) in [5.41, 5.74) is 8.26. The zero-order valence-corrected chi connectivity index (χ0v) is 12.4. The maximum Gasteiger partial charge on any atom is 0.0346 e. The number of nitrogens with two attached hydrogens (primary N) is 1. The minimum Gasteiger partial charge on any atom is -0.399 e. The fraction of sp³-hybridized carbons (Fsp3) is 0.647. The minimum absolute atomic E-state index is 0.833. The SMILES string of the molecule is Nc1ccccc1CCCN1CCN2CCCCC2C1. The first-order valence-corrected chi connectivity index (χ1v) is 8.13. The van der Waals surface area contributed by atoms with Gasteiger partial charge in [0.05, 0.1) is 0 Å². The molecule has 110 valence electrons. The van der Waals surface area contributed by atoms with Gasteiger partial charge in [0.25, 0.3) is 0 Å². The van der Waals surface area contributed by atoms with Crippen LogP contribution in [0.1, 0.15) is 31.2 Å². The number of nitrogen functional groups attached to an aromatic ring is 1. The van der Waals surface area contributed by atoms with Crippen LogP contribution in [0.25, 0.3) is 0 Å². The maximum absolute atomic E-state index is 6.01. The van der Waals surface area contributed by atoms with Crippen LogP contribution in [-0.2, 0) is 6.42 Å². The van der Waals surface area contributed by atoms with E-state index in [1.807, 2.05) is 12.1 Å². The molecule has 2 N–H and O–H groups in total. The smallest absolute Gasteiger partial charge is 0.0346 e. The highest BCUT2D eigenvalue weighted by molar-refractivity contribution is 5.46. The van der Waals surface area contributed by atoms with Crippen LogP contribution >= 0.6 is 0 Å². The molecule has 2 heterocycles. The molecule has 1 aromatic rings. The molecule has 0 radical (unpaired) electrons. The van der Waals surface area contributed by atoms with Crippen LogP contribution in [0.2, 0.25) is 0 Å². The monoisotopic (exact) mass is 273 g/mol. The Morgan fingerprint density at radius 2 is 2.00 bits per heavy atom. The normalized spacial score (nSPS) is 24.5. The second kappa shape index (κ2) is 6.59. The molecule has 3 rings (SSSR count). The van der Waals surface area contributed by atoms with Crippen molar-refractivity contribution >= 4 is 5.69 Å². The van der Waals surface area contributed by atoms with Gasteiger partial charge in [0.15, 0.2) is 0 Å². The summed E-state index contributed by atoms with van der Waals surface area (Å²) in [6.45, 7) is 6.36. The Balaban J connectivity index is 1.44. The molecule has 1 unspecified atom stereocenters. The molecule has 1 aromatic carbocycles. The van der Waals surface area contributed by atoms with Gasteiger partial charge in [0, 0.05) is 31.4 Å². The number of para-hydroxylation sites is 1. The molecule has 2 fully saturated rings. The van der Waals surface area contributed by atoms with Crippen molar-refractivity contribution < 1.29 is 0 Å². The summed E-state index contributed by atoms with van der Waals surface area (Å²) in [6, 6.07) is 9.11. The van der Waals surface area contributed by atoms with Gasteiger partial charge in [-0.05, 0) is 50.4 Å². The molecule has 0 spiro atoms. The number of rotatable bonds is 4. The second-order valence-corrected chi connectivity index (χ2v) is 6.29. The number of piperazine rings is 1. The zero-order valence-electron chi connectivity index (χ0n) is 12.4. The van der Waals surface area contributed by atoms with E-state index in [2.05, 4.69) is 21.9 Å². The third kappa shape index (κ3) is 3.33. The van der Waals surface area contributed by atoms with E-state index in [0.717, 1.165) is 18.2 Å². The number of anilines is 1. The number of nitrogens with zero attached hydrogens (tertiary/aromatic N) is 2. The molecule has 2 saturated heterocycles. The number of fused-ring (bicyclic) bond motifs is 1. The lowest BCUT2D eigenvalue weighted by atomic mass is 9.99. The van der Waals surface area contributed by atoms with Crippen molar-refractivity contribution in [3.05, 3.63) is 29.8 Å².